The van der Waals surface area contributed by atoms with Gasteiger partial charge in [-0.3, -0.25) is 5.10 Å². The quantitative estimate of drug-likeness (QED) is 0.714. The average Bonchev–Trinajstić information content (AvgIpc) is 2.47. The van der Waals surface area contributed by atoms with Crippen molar-refractivity contribution < 1.29 is 0 Å². The highest BCUT2D eigenvalue weighted by Gasteiger charge is 2.19. The van der Waals surface area contributed by atoms with Crippen molar-refractivity contribution in [3.05, 3.63) is 18.0 Å². The first-order valence-corrected chi connectivity index (χ1v) is 4.61. The first kappa shape index (κ1) is 7.80. The number of hydrogen-bond donors (Lipinski definition) is 2. The van der Waals surface area contributed by atoms with Gasteiger partial charge in [0.15, 0.2) is 0 Å². The van der Waals surface area contributed by atoms with E-state index in [-0.39, 0.29) is 0 Å². The minimum absolute atomic E-state index is 0.439. The molecule has 0 aromatic carbocycles. The molecule has 1 aromatic heterocycles. The topological polar surface area (TPSA) is 40.7 Å². The fourth-order valence-corrected chi connectivity index (χ4v) is 1.52. The molecule has 12 heavy (non-hydrogen) atoms. The van der Waals surface area contributed by atoms with Gasteiger partial charge in [0.1, 0.15) is 0 Å². The summed E-state index contributed by atoms with van der Waals surface area (Å²) in [4.78, 5) is 0. The Labute approximate surface area is 72.6 Å². The van der Waals surface area contributed by atoms with Crippen LogP contribution < -0.4 is 5.32 Å². The molecule has 0 spiro atoms. The maximum Gasteiger partial charge on any atom is 0.0534 e. The zero-order chi connectivity index (χ0) is 8.39. The van der Waals surface area contributed by atoms with Crippen LogP contribution in [0.4, 0.5) is 0 Å². The summed E-state index contributed by atoms with van der Waals surface area (Å²) in [7, 11) is 0. The number of hydrogen-bond acceptors (Lipinski definition) is 2. The van der Waals surface area contributed by atoms with Gasteiger partial charge >= 0.3 is 0 Å². The lowest BCUT2D eigenvalue weighted by atomic mass is 9.92. The van der Waals surface area contributed by atoms with Gasteiger partial charge in [0, 0.05) is 23.8 Å². The number of nitrogens with zero attached hydrogens (tertiary/aromatic N) is 1. The van der Waals surface area contributed by atoms with E-state index in [1.165, 1.54) is 24.8 Å². The highest BCUT2D eigenvalue weighted by Crippen LogP contribution is 2.21. The van der Waals surface area contributed by atoms with Crippen molar-refractivity contribution in [2.75, 3.05) is 0 Å². The van der Waals surface area contributed by atoms with Crippen LogP contribution in [0.15, 0.2) is 12.4 Å². The smallest absolute Gasteiger partial charge is 0.0534 e. The highest BCUT2D eigenvalue weighted by molar-refractivity contribution is 5.08. The summed E-state index contributed by atoms with van der Waals surface area (Å²) in [5, 5.41) is 10.3. The summed E-state index contributed by atoms with van der Waals surface area (Å²) in [5.41, 5.74) is 1.25. The number of aromatic amines is 1. The minimum Gasteiger partial charge on any atom is -0.307 e. The van der Waals surface area contributed by atoms with E-state index in [1.807, 2.05) is 12.4 Å². The summed E-state index contributed by atoms with van der Waals surface area (Å²) < 4.78 is 0. The summed E-state index contributed by atoms with van der Waals surface area (Å²) in [6, 6.07) is 1.18. The molecule has 1 fully saturated rings. The first-order valence-electron chi connectivity index (χ1n) is 4.61. The van der Waals surface area contributed by atoms with Crippen LogP contribution in [0.1, 0.15) is 37.8 Å². The fraction of sp³-hybridized carbons (Fsp3) is 0.667. The largest absolute Gasteiger partial charge is 0.307 e. The number of aromatic nitrogens is 2. The van der Waals surface area contributed by atoms with Crippen molar-refractivity contribution in [3.8, 4) is 0 Å². The molecule has 0 amide bonds. The Balaban J connectivity index is 1.87. The predicted octanol–water partition coefficient (Wildman–Crippen LogP) is 1.61. The lowest BCUT2D eigenvalue weighted by molar-refractivity contribution is 0.313. The van der Waals surface area contributed by atoms with E-state index in [2.05, 4.69) is 22.4 Å². The average molecular weight is 165 g/mol. The minimum atomic E-state index is 0.439. The van der Waals surface area contributed by atoms with E-state index < -0.39 is 0 Å². The van der Waals surface area contributed by atoms with Crippen LogP contribution in [0, 0.1) is 0 Å². The van der Waals surface area contributed by atoms with Crippen molar-refractivity contribution in [1.82, 2.24) is 15.5 Å². The molecule has 3 nitrogen and oxygen atoms in total. The van der Waals surface area contributed by atoms with E-state index in [9.17, 15) is 0 Å². The van der Waals surface area contributed by atoms with E-state index in [4.69, 9.17) is 0 Å². The maximum absolute atomic E-state index is 3.93. The third kappa shape index (κ3) is 1.50. The molecule has 1 aromatic rings. The lowest BCUT2D eigenvalue weighted by Crippen LogP contribution is -2.36. The van der Waals surface area contributed by atoms with Gasteiger partial charge in [-0.2, -0.15) is 5.10 Å². The molecule has 1 heterocycles. The van der Waals surface area contributed by atoms with Crippen LogP contribution in [-0.4, -0.2) is 16.2 Å². The normalized spacial score (nSPS) is 20.4. The Morgan fingerprint density at radius 3 is 3.00 bits per heavy atom. The Kier molecular flexibility index (Phi) is 2.13. The van der Waals surface area contributed by atoms with Crippen LogP contribution >= 0.6 is 0 Å². The standard InChI is InChI=1S/C9H15N3/c1-7(8-5-10-11-6-8)12-9-3-2-4-9/h5-7,9,12H,2-4H2,1H3,(H,10,11). The molecule has 2 N–H and O–H groups in total. The van der Waals surface area contributed by atoms with Gasteiger partial charge in [0.25, 0.3) is 0 Å². The monoisotopic (exact) mass is 165 g/mol. The highest BCUT2D eigenvalue weighted by atomic mass is 15.1. The van der Waals surface area contributed by atoms with E-state index in [0.717, 1.165) is 6.04 Å². The molecule has 1 saturated carbocycles. The van der Waals surface area contributed by atoms with Crippen molar-refractivity contribution >= 4 is 0 Å². The van der Waals surface area contributed by atoms with Crippen LogP contribution in [-0.2, 0) is 0 Å². The van der Waals surface area contributed by atoms with Crippen LogP contribution in [0.5, 0.6) is 0 Å². The molecule has 3 heteroatoms. The van der Waals surface area contributed by atoms with Gasteiger partial charge in [-0.1, -0.05) is 6.42 Å². The van der Waals surface area contributed by atoms with E-state index in [1.54, 1.807) is 0 Å². The molecule has 0 radical (unpaired) electrons. The third-order valence-electron chi connectivity index (χ3n) is 2.61. The second kappa shape index (κ2) is 3.27. The Morgan fingerprint density at radius 2 is 2.50 bits per heavy atom. The van der Waals surface area contributed by atoms with Gasteiger partial charge in [-0.25, -0.2) is 0 Å². The summed E-state index contributed by atoms with van der Waals surface area (Å²) in [6.07, 6.45) is 7.90. The van der Waals surface area contributed by atoms with Gasteiger partial charge in [0.2, 0.25) is 0 Å². The molecular weight excluding hydrogens is 150 g/mol. The molecule has 1 aliphatic rings. The predicted molar refractivity (Wildman–Crippen MR) is 47.8 cm³/mol. The fourth-order valence-electron chi connectivity index (χ4n) is 1.52. The molecular formula is C9H15N3. The molecule has 2 rings (SSSR count). The molecule has 0 saturated heterocycles. The first-order chi connectivity index (χ1) is 5.86. The zero-order valence-corrected chi connectivity index (χ0v) is 7.38. The van der Waals surface area contributed by atoms with Crippen molar-refractivity contribution in [2.45, 2.75) is 38.3 Å². The van der Waals surface area contributed by atoms with Crippen LogP contribution in [0.2, 0.25) is 0 Å². The Morgan fingerprint density at radius 1 is 1.67 bits per heavy atom. The van der Waals surface area contributed by atoms with E-state index >= 15 is 0 Å². The van der Waals surface area contributed by atoms with E-state index in [0.29, 0.717) is 6.04 Å². The molecule has 1 aliphatic carbocycles. The number of rotatable bonds is 3. The van der Waals surface area contributed by atoms with Gasteiger partial charge in [0.05, 0.1) is 6.20 Å². The summed E-state index contributed by atoms with van der Waals surface area (Å²) in [5.74, 6) is 0. The summed E-state index contributed by atoms with van der Waals surface area (Å²) in [6.45, 7) is 2.18. The maximum atomic E-state index is 3.93. The van der Waals surface area contributed by atoms with Crippen LogP contribution in [0.3, 0.4) is 0 Å². The van der Waals surface area contributed by atoms with Crippen molar-refractivity contribution in [3.63, 3.8) is 0 Å². The molecule has 1 unspecified atom stereocenters. The van der Waals surface area contributed by atoms with Crippen LogP contribution in [0.25, 0.3) is 0 Å². The van der Waals surface area contributed by atoms with Gasteiger partial charge in [-0.05, 0) is 19.8 Å². The summed E-state index contributed by atoms with van der Waals surface area (Å²) >= 11 is 0. The molecule has 66 valence electrons. The second-order valence-electron chi connectivity index (χ2n) is 3.55. The zero-order valence-electron chi connectivity index (χ0n) is 7.38. The lowest BCUT2D eigenvalue weighted by Gasteiger charge is -2.29. The Bertz CT molecular complexity index is 226. The van der Waals surface area contributed by atoms with Crippen molar-refractivity contribution in [2.24, 2.45) is 0 Å². The number of nitrogens with one attached hydrogen (secondary N) is 2. The van der Waals surface area contributed by atoms with Gasteiger partial charge < -0.3 is 5.32 Å². The molecule has 1 atom stereocenters. The third-order valence-corrected chi connectivity index (χ3v) is 2.61. The second-order valence-corrected chi connectivity index (χ2v) is 3.55. The van der Waals surface area contributed by atoms with Crippen molar-refractivity contribution in [1.29, 1.82) is 0 Å². The SMILES string of the molecule is CC(NC1CCC1)c1cn[nH]c1. The molecule has 0 bridgehead atoms. The van der Waals surface area contributed by atoms with Gasteiger partial charge in [-0.15, -0.1) is 0 Å². The Hall–Kier alpha value is -0.830. The number of H-pyrrole nitrogens is 1. The molecule has 0 aliphatic heterocycles.